The second-order valence-corrected chi connectivity index (χ2v) is 8.84. The number of amides is 1. The summed E-state index contributed by atoms with van der Waals surface area (Å²) in [6, 6.07) is 14.2. The lowest BCUT2D eigenvalue weighted by molar-refractivity contribution is 0.0921. The van der Waals surface area contributed by atoms with Crippen LogP contribution in [-0.4, -0.2) is 39.3 Å². The Bertz CT molecular complexity index is 1080. The number of methoxy groups -OCH3 is 1. The number of carbonyl (C=O) groups excluding carboxylic acids is 2. The minimum absolute atomic E-state index is 0.00436. The molecule has 0 unspecified atom stereocenters. The lowest BCUT2D eigenvalue weighted by atomic mass is 10.0. The van der Waals surface area contributed by atoms with Crippen LogP contribution in [0.2, 0.25) is 0 Å². The molecular weight excluding hydrogens is 424 g/mol. The molecule has 0 aliphatic carbocycles. The van der Waals surface area contributed by atoms with Crippen molar-refractivity contribution in [2.24, 2.45) is 13.0 Å². The summed E-state index contributed by atoms with van der Waals surface area (Å²) < 4.78 is 6.97. The van der Waals surface area contributed by atoms with Gasteiger partial charge in [0.25, 0.3) is 5.91 Å². The van der Waals surface area contributed by atoms with Crippen LogP contribution in [0, 0.1) is 12.8 Å². The fraction of sp³-hybridized carbons (Fsp3) is 0.333. The number of aromatic nitrogens is 3. The maximum Gasteiger partial charge on any atom is 0.251 e. The van der Waals surface area contributed by atoms with Gasteiger partial charge in [-0.3, -0.25) is 9.59 Å². The van der Waals surface area contributed by atoms with Crippen LogP contribution in [0.5, 0.6) is 5.75 Å². The summed E-state index contributed by atoms with van der Waals surface area (Å²) in [4.78, 5) is 25.3. The Morgan fingerprint density at radius 1 is 1.03 bits per heavy atom. The fourth-order valence-corrected chi connectivity index (χ4v) is 3.98. The largest absolute Gasteiger partial charge is 0.497 e. The molecule has 7 nitrogen and oxygen atoms in total. The van der Waals surface area contributed by atoms with Crippen LogP contribution in [0.15, 0.2) is 53.7 Å². The molecule has 32 heavy (non-hydrogen) atoms. The van der Waals surface area contributed by atoms with Gasteiger partial charge in [0.1, 0.15) is 5.75 Å². The van der Waals surface area contributed by atoms with Gasteiger partial charge < -0.3 is 14.6 Å². The third-order valence-corrected chi connectivity index (χ3v) is 6.18. The number of ether oxygens (including phenoxy) is 1. The third-order valence-electron chi connectivity index (χ3n) is 5.16. The molecule has 0 spiro atoms. The number of rotatable bonds is 9. The Morgan fingerprint density at radius 2 is 1.66 bits per heavy atom. The van der Waals surface area contributed by atoms with E-state index in [1.54, 1.807) is 31.4 Å². The van der Waals surface area contributed by atoms with Gasteiger partial charge in [0.05, 0.1) is 18.9 Å². The van der Waals surface area contributed by atoms with E-state index in [-0.39, 0.29) is 29.4 Å². The number of nitrogens with zero attached hydrogens (tertiary/aromatic N) is 3. The van der Waals surface area contributed by atoms with Crippen LogP contribution in [0.1, 0.15) is 52.0 Å². The summed E-state index contributed by atoms with van der Waals surface area (Å²) >= 11 is 1.32. The SMILES string of the molecule is COc1ccc(C(=O)CSc2nnc([C@@H](NC(=O)c3ccc(C)cc3)C(C)C)n2C)cc1. The van der Waals surface area contributed by atoms with Crippen LogP contribution in [0.25, 0.3) is 0 Å². The van der Waals surface area contributed by atoms with Gasteiger partial charge in [-0.05, 0) is 49.2 Å². The van der Waals surface area contributed by atoms with Crippen molar-refractivity contribution in [3.05, 3.63) is 71.0 Å². The number of thioether (sulfide) groups is 1. The van der Waals surface area contributed by atoms with Crippen LogP contribution < -0.4 is 10.1 Å². The minimum atomic E-state index is -0.312. The molecule has 1 atom stereocenters. The Morgan fingerprint density at radius 3 is 2.25 bits per heavy atom. The van der Waals surface area contributed by atoms with E-state index in [0.29, 0.717) is 27.9 Å². The molecule has 2 aromatic carbocycles. The maximum atomic E-state index is 12.8. The molecule has 0 aliphatic rings. The van der Waals surface area contributed by atoms with E-state index in [1.807, 2.05) is 56.7 Å². The third kappa shape index (κ3) is 5.56. The highest BCUT2D eigenvalue weighted by Gasteiger charge is 2.25. The lowest BCUT2D eigenvalue weighted by Gasteiger charge is -2.21. The quantitative estimate of drug-likeness (QED) is 0.386. The van der Waals surface area contributed by atoms with Crippen molar-refractivity contribution in [3.8, 4) is 5.75 Å². The number of nitrogens with one attached hydrogen (secondary N) is 1. The summed E-state index contributed by atoms with van der Waals surface area (Å²) in [6.07, 6.45) is 0. The number of Topliss-reactive ketones (excluding diaryl/α,β-unsaturated/α-hetero) is 1. The van der Waals surface area contributed by atoms with E-state index in [1.165, 1.54) is 11.8 Å². The first-order chi connectivity index (χ1) is 15.3. The first-order valence-corrected chi connectivity index (χ1v) is 11.4. The van der Waals surface area contributed by atoms with Gasteiger partial charge in [0.15, 0.2) is 16.8 Å². The summed E-state index contributed by atoms with van der Waals surface area (Å²) in [6.45, 7) is 6.03. The minimum Gasteiger partial charge on any atom is -0.497 e. The van der Waals surface area contributed by atoms with Crippen molar-refractivity contribution < 1.29 is 14.3 Å². The number of ketones is 1. The molecule has 0 aliphatic heterocycles. The average molecular weight is 453 g/mol. The topological polar surface area (TPSA) is 86.1 Å². The van der Waals surface area contributed by atoms with Gasteiger partial charge in [-0.1, -0.05) is 43.3 Å². The Labute approximate surface area is 192 Å². The van der Waals surface area contributed by atoms with Crippen LogP contribution in [-0.2, 0) is 7.05 Å². The smallest absolute Gasteiger partial charge is 0.251 e. The van der Waals surface area contributed by atoms with Crippen molar-refractivity contribution in [2.45, 2.75) is 32.0 Å². The summed E-state index contributed by atoms with van der Waals surface area (Å²) in [5.74, 6) is 1.54. The van der Waals surface area contributed by atoms with Gasteiger partial charge in [0, 0.05) is 18.2 Å². The van der Waals surface area contributed by atoms with E-state index in [0.717, 1.165) is 5.56 Å². The fourth-order valence-electron chi connectivity index (χ4n) is 3.17. The van der Waals surface area contributed by atoms with E-state index in [2.05, 4.69) is 15.5 Å². The summed E-state index contributed by atoms with van der Waals surface area (Å²) in [7, 11) is 3.44. The van der Waals surface area contributed by atoms with E-state index in [4.69, 9.17) is 4.74 Å². The van der Waals surface area contributed by atoms with Gasteiger partial charge in [-0.2, -0.15) is 0 Å². The molecule has 1 heterocycles. The molecule has 1 amide bonds. The second kappa shape index (κ2) is 10.5. The zero-order chi connectivity index (χ0) is 23.3. The number of aryl methyl sites for hydroxylation is 1. The molecule has 3 rings (SSSR count). The van der Waals surface area contributed by atoms with E-state index in [9.17, 15) is 9.59 Å². The molecular formula is C24H28N4O3S. The summed E-state index contributed by atoms with van der Waals surface area (Å²) in [5.41, 5.74) is 2.32. The Hall–Kier alpha value is -3.13. The zero-order valence-electron chi connectivity index (χ0n) is 19.0. The maximum absolute atomic E-state index is 12.8. The van der Waals surface area contributed by atoms with Crippen molar-refractivity contribution in [2.75, 3.05) is 12.9 Å². The van der Waals surface area contributed by atoms with Gasteiger partial charge in [-0.25, -0.2) is 0 Å². The van der Waals surface area contributed by atoms with Crippen molar-refractivity contribution >= 4 is 23.5 Å². The highest BCUT2D eigenvalue weighted by molar-refractivity contribution is 7.99. The van der Waals surface area contributed by atoms with Crippen molar-refractivity contribution in [3.63, 3.8) is 0 Å². The summed E-state index contributed by atoms with van der Waals surface area (Å²) in [5, 5.41) is 12.3. The molecule has 1 aromatic heterocycles. The first-order valence-electron chi connectivity index (χ1n) is 10.4. The van der Waals surface area contributed by atoms with Crippen LogP contribution in [0.3, 0.4) is 0 Å². The van der Waals surface area contributed by atoms with E-state index >= 15 is 0 Å². The molecule has 8 heteroatoms. The molecule has 0 saturated carbocycles. The highest BCUT2D eigenvalue weighted by atomic mass is 32.2. The lowest BCUT2D eigenvalue weighted by Crippen LogP contribution is -2.33. The van der Waals surface area contributed by atoms with Crippen molar-refractivity contribution in [1.82, 2.24) is 20.1 Å². The molecule has 0 radical (unpaired) electrons. The average Bonchev–Trinajstić information content (AvgIpc) is 3.15. The standard InChI is InChI=1S/C24H28N4O3S/c1-15(2)21(25-23(30)18-8-6-16(3)7-9-18)22-26-27-24(28(22)4)32-14-20(29)17-10-12-19(31-5)13-11-17/h6-13,15,21H,14H2,1-5H3,(H,25,30)/t21-/m0/s1. The molecule has 0 bridgehead atoms. The van der Waals surface area contributed by atoms with Gasteiger partial charge in [-0.15, -0.1) is 10.2 Å². The van der Waals surface area contributed by atoms with Gasteiger partial charge >= 0.3 is 0 Å². The van der Waals surface area contributed by atoms with Crippen LogP contribution >= 0.6 is 11.8 Å². The van der Waals surface area contributed by atoms with Gasteiger partial charge in [0.2, 0.25) is 0 Å². The first kappa shape index (κ1) is 23.5. The van der Waals surface area contributed by atoms with Crippen molar-refractivity contribution in [1.29, 1.82) is 0 Å². The number of hydrogen-bond acceptors (Lipinski definition) is 6. The normalized spacial score (nSPS) is 11.9. The molecule has 0 saturated heterocycles. The second-order valence-electron chi connectivity index (χ2n) is 7.90. The highest BCUT2D eigenvalue weighted by Crippen LogP contribution is 2.25. The predicted octanol–water partition coefficient (Wildman–Crippen LogP) is 4.23. The van der Waals surface area contributed by atoms with E-state index < -0.39 is 0 Å². The predicted molar refractivity (Wildman–Crippen MR) is 125 cm³/mol. The molecule has 168 valence electrons. The monoisotopic (exact) mass is 452 g/mol. The molecule has 0 fully saturated rings. The van der Waals surface area contributed by atoms with Crippen LogP contribution in [0.4, 0.5) is 0 Å². The number of hydrogen-bond donors (Lipinski definition) is 1. The Balaban J connectivity index is 1.69. The molecule has 1 N–H and O–H groups in total. The Kier molecular flexibility index (Phi) is 7.69. The number of carbonyl (C=O) groups is 2. The number of benzene rings is 2. The zero-order valence-corrected chi connectivity index (χ0v) is 19.8. The molecule has 3 aromatic rings.